The number of para-hydroxylation sites is 1. The molecule has 2 heterocycles. The van der Waals surface area contributed by atoms with Gasteiger partial charge in [0.15, 0.2) is 0 Å². The van der Waals surface area contributed by atoms with Crippen LogP contribution < -0.4 is 10.9 Å². The SMILES string of the molecule is O=C1Nc2ccccc2/C1=C/c1nc2ccc(I)cc2c(=O)n1-c1ccc(Cl)cc1[N+](=O)[O-]. The molecule has 4 aromatic rings. The van der Waals surface area contributed by atoms with E-state index in [0.717, 1.165) is 8.14 Å². The molecule has 3 aromatic carbocycles. The molecule has 33 heavy (non-hydrogen) atoms. The van der Waals surface area contributed by atoms with Gasteiger partial charge in [0.2, 0.25) is 0 Å². The number of hydrogen-bond acceptors (Lipinski definition) is 5. The first-order valence-electron chi connectivity index (χ1n) is 9.62. The number of benzene rings is 3. The quantitative estimate of drug-likeness (QED) is 0.161. The van der Waals surface area contributed by atoms with Crippen LogP contribution in [0.1, 0.15) is 11.4 Å². The van der Waals surface area contributed by atoms with Gasteiger partial charge in [-0.15, -0.1) is 0 Å². The second-order valence-electron chi connectivity index (χ2n) is 7.22. The number of anilines is 1. The van der Waals surface area contributed by atoms with E-state index in [-0.39, 0.29) is 28.1 Å². The Morgan fingerprint density at radius 1 is 1.09 bits per heavy atom. The Hall–Kier alpha value is -3.57. The maximum absolute atomic E-state index is 13.6. The molecule has 162 valence electrons. The zero-order valence-corrected chi connectivity index (χ0v) is 19.5. The number of aromatic nitrogens is 2. The molecular weight excluding hydrogens is 559 g/mol. The molecule has 5 rings (SSSR count). The van der Waals surface area contributed by atoms with Crippen LogP contribution >= 0.6 is 34.2 Å². The minimum Gasteiger partial charge on any atom is -0.321 e. The molecular formula is C23H12ClIN4O4. The first-order valence-corrected chi connectivity index (χ1v) is 11.1. The Balaban J connectivity index is 1.88. The first-order chi connectivity index (χ1) is 15.8. The van der Waals surface area contributed by atoms with Crippen LogP contribution in [-0.4, -0.2) is 20.4 Å². The van der Waals surface area contributed by atoms with E-state index in [1.54, 1.807) is 42.5 Å². The van der Waals surface area contributed by atoms with Crippen molar-refractivity contribution < 1.29 is 9.72 Å². The van der Waals surface area contributed by atoms with Crippen molar-refractivity contribution in [1.29, 1.82) is 0 Å². The molecule has 0 saturated carbocycles. The summed E-state index contributed by atoms with van der Waals surface area (Å²) < 4.78 is 1.96. The normalized spacial score (nSPS) is 13.9. The third kappa shape index (κ3) is 3.68. The molecule has 1 aromatic heterocycles. The van der Waals surface area contributed by atoms with Crippen molar-refractivity contribution in [3.8, 4) is 5.69 Å². The lowest BCUT2D eigenvalue weighted by Gasteiger charge is -2.13. The smallest absolute Gasteiger partial charge is 0.294 e. The molecule has 0 aliphatic carbocycles. The number of nitro benzene ring substituents is 1. The summed E-state index contributed by atoms with van der Waals surface area (Å²) in [4.78, 5) is 42.0. The number of hydrogen-bond donors (Lipinski definition) is 1. The van der Waals surface area contributed by atoms with Crippen LogP contribution in [-0.2, 0) is 4.79 Å². The lowest BCUT2D eigenvalue weighted by atomic mass is 10.1. The highest BCUT2D eigenvalue weighted by Crippen LogP contribution is 2.34. The summed E-state index contributed by atoms with van der Waals surface area (Å²) in [7, 11) is 0. The van der Waals surface area contributed by atoms with Crippen molar-refractivity contribution in [2.75, 3.05) is 5.32 Å². The summed E-state index contributed by atoms with van der Waals surface area (Å²) in [5.74, 6) is -0.272. The monoisotopic (exact) mass is 570 g/mol. The maximum Gasteiger partial charge on any atom is 0.294 e. The summed E-state index contributed by atoms with van der Waals surface area (Å²) in [6.07, 6.45) is 1.47. The Bertz CT molecular complexity index is 1600. The van der Waals surface area contributed by atoms with Crippen LogP contribution in [0.4, 0.5) is 11.4 Å². The summed E-state index contributed by atoms with van der Waals surface area (Å²) in [5, 5.41) is 15.0. The van der Waals surface area contributed by atoms with Crippen molar-refractivity contribution in [2.24, 2.45) is 0 Å². The van der Waals surface area contributed by atoms with Gasteiger partial charge in [-0.05, 0) is 65.1 Å². The molecule has 0 atom stereocenters. The summed E-state index contributed by atoms with van der Waals surface area (Å²) in [6.45, 7) is 0. The van der Waals surface area contributed by atoms with E-state index in [0.29, 0.717) is 27.7 Å². The Labute approximate surface area is 204 Å². The number of nitrogens with one attached hydrogen (secondary N) is 1. The highest BCUT2D eigenvalue weighted by Gasteiger charge is 2.26. The van der Waals surface area contributed by atoms with E-state index in [9.17, 15) is 19.7 Å². The van der Waals surface area contributed by atoms with Crippen LogP contribution in [0.25, 0.3) is 28.2 Å². The molecule has 1 amide bonds. The van der Waals surface area contributed by atoms with Crippen LogP contribution in [0.3, 0.4) is 0 Å². The predicted octanol–water partition coefficient (Wildman–Crippen LogP) is 5.04. The number of amides is 1. The second-order valence-corrected chi connectivity index (χ2v) is 8.90. The van der Waals surface area contributed by atoms with Crippen LogP contribution in [0, 0.1) is 13.7 Å². The van der Waals surface area contributed by atoms with Gasteiger partial charge in [0.25, 0.3) is 17.2 Å². The predicted molar refractivity (Wildman–Crippen MR) is 135 cm³/mol. The van der Waals surface area contributed by atoms with Gasteiger partial charge >= 0.3 is 0 Å². The molecule has 0 fully saturated rings. The third-order valence-electron chi connectivity index (χ3n) is 5.21. The van der Waals surface area contributed by atoms with Gasteiger partial charge in [-0.1, -0.05) is 29.8 Å². The van der Waals surface area contributed by atoms with Crippen molar-refractivity contribution in [3.63, 3.8) is 0 Å². The number of carbonyl (C=O) groups excluding carboxylic acids is 1. The molecule has 1 N–H and O–H groups in total. The molecule has 0 radical (unpaired) electrons. The average Bonchev–Trinajstić information content (AvgIpc) is 3.10. The van der Waals surface area contributed by atoms with E-state index in [2.05, 4.69) is 32.9 Å². The van der Waals surface area contributed by atoms with Crippen molar-refractivity contribution in [3.05, 3.63) is 101 Å². The molecule has 0 unspecified atom stereocenters. The molecule has 8 nitrogen and oxygen atoms in total. The standard InChI is InChI=1S/C23H12ClIN4O4/c24-12-5-8-19(20(9-12)29(32)33)28-21(26-18-7-6-13(25)10-16(18)23(28)31)11-15-14-3-1-2-4-17(14)27-22(15)30/h1-11H,(H,27,30)/b15-11-. The van der Waals surface area contributed by atoms with E-state index >= 15 is 0 Å². The van der Waals surface area contributed by atoms with E-state index in [1.807, 2.05) is 0 Å². The summed E-state index contributed by atoms with van der Waals surface area (Å²) in [5.41, 5.74) is 1.14. The fraction of sp³-hybridized carbons (Fsp3) is 0. The topological polar surface area (TPSA) is 107 Å². The molecule has 1 aliphatic heterocycles. The fourth-order valence-corrected chi connectivity index (χ4v) is 4.41. The Kier molecular flexibility index (Phi) is 5.22. The highest BCUT2D eigenvalue weighted by atomic mass is 127. The minimum atomic E-state index is -0.610. The molecule has 1 aliphatic rings. The Morgan fingerprint density at radius 2 is 1.88 bits per heavy atom. The largest absolute Gasteiger partial charge is 0.321 e. The number of nitro groups is 1. The Morgan fingerprint density at radius 3 is 2.67 bits per heavy atom. The molecule has 0 spiro atoms. The van der Waals surface area contributed by atoms with E-state index < -0.39 is 10.5 Å². The number of halogens is 2. The number of nitrogens with zero attached hydrogens (tertiary/aromatic N) is 3. The summed E-state index contributed by atoms with van der Waals surface area (Å²) in [6, 6.07) is 16.3. The fourth-order valence-electron chi connectivity index (χ4n) is 3.75. The highest BCUT2D eigenvalue weighted by molar-refractivity contribution is 14.1. The lowest BCUT2D eigenvalue weighted by molar-refractivity contribution is -0.384. The van der Waals surface area contributed by atoms with Gasteiger partial charge in [-0.3, -0.25) is 24.3 Å². The molecule has 10 heteroatoms. The van der Waals surface area contributed by atoms with Gasteiger partial charge in [0.05, 0.1) is 21.4 Å². The number of carbonyl (C=O) groups is 1. The van der Waals surface area contributed by atoms with E-state index in [1.165, 1.54) is 24.3 Å². The first kappa shape index (κ1) is 21.3. The van der Waals surface area contributed by atoms with Gasteiger partial charge < -0.3 is 5.32 Å². The van der Waals surface area contributed by atoms with Crippen LogP contribution in [0.2, 0.25) is 5.02 Å². The zero-order chi connectivity index (χ0) is 23.3. The van der Waals surface area contributed by atoms with Crippen molar-refractivity contribution in [1.82, 2.24) is 9.55 Å². The van der Waals surface area contributed by atoms with Crippen molar-refractivity contribution in [2.45, 2.75) is 0 Å². The van der Waals surface area contributed by atoms with Gasteiger partial charge in [0.1, 0.15) is 11.5 Å². The minimum absolute atomic E-state index is 0.00111. The van der Waals surface area contributed by atoms with Gasteiger partial charge in [-0.25, -0.2) is 4.98 Å². The van der Waals surface area contributed by atoms with Crippen LogP contribution in [0.15, 0.2) is 65.5 Å². The third-order valence-corrected chi connectivity index (χ3v) is 6.12. The second kappa shape index (κ2) is 8.09. The molecule has 0 saturated heterocycles. The number of fused-ring (bicyclic) bond motifs is 2. The van der Waals surface area contributed by atoms with Crippen LogP contribution in [0.5, 0.6) is 0 Å². The average molecular weight is 571 g/mol. The number of rotatable bonds is 3. The van der Waals surface area contributed by atoms with Gasteiger partial charge in [0, 0.05) is 25.9 Å². The van der Waals surface area contributed by atoms with E-state index in [4.69, 9.17) is 11.6 Å². The lowest BCUT2D eigenvalue weighted by Crippen LogP contribution is -2.23. The zero-order valence-electron chi connectivity index (χ0n) is 16.6. The summed E-state index contributed by atoms with van der Waals surface area (Å²) >= 11 is 8.06. The van der Waals surface area contributed by atoms with Gasteiger partial charge in [-0.2, -0.15) is 0 Å². The van der Waals surface area contributed by atoms with Crippen molar-refractivity contribution >= 4 is 74.0 Å². The molecule has 0 bridgehead atoms. The maximum atomic E-state index is 13.6.